The normalized spacial score (nSPS) is 20.5. The summed E-state index contributed by atoms with van der Waals surface area (Å²) in [4.78, 5) is 25.2. The van der Waals surface area contributed by atoms with Crippen molar-refractivity contribution in [3.63, 3.8) is 0 Å². The molecule has 0 aromatic heterocycles. The summed E-state index contributed by atoms with van der Waals surface area (Å²) in [7, 11) is -3.23. The van der Waals surface area contributed by atoms with Gasteiger partial charge in [0.2, 0.25) is 5.91 Å². The number of ether oxygens (including phenoxy) is 1. The summed E-state index contributed by atoms with van der Waals surface area (Å²) in [6.45, 7) is 2.70. The molecule has 1 heterocycles. The fourth-order valence-electron chi connectivity index (χ4n) is 2.70. The molecule has 1 aliphatic rings. The van der Waals surface area contributed by atoms with Crippen LogP contribution in [0.4, 0.5) is 0 Å². The van der Waals surface area contributed by atoms with Crippen LogP contribution in [0.2, 0.25) is 0 Å². The van der Waals surface area contributed by atoms with Crippen molar-refractivity contribution < 1.29 is 27.9 Å². The SMILES string of the molecule is C[C@]1(C(=O)O)CCN(C(=O)CCCOc2ccc(S(C)(=O)=O)cc2)C1. The van der Waals surface area contributed by atoms with E-state index in [0.29, 0.717) is 31.7 Å². The van der Waals surface area contributed by atoms with Crippen molar-refractivity contribution in [3.8, 4) is 5.75 Å². The Kier molecular flexibility index (Phi) is 5.72. The van der Waals surface area contributed by atoms with Crippen molar-refractivity contribution in [2.75, 3.05) is 26.0 Å². The van der Waals surface area contributed by atoms with Crippen molar-refractivity contribution in [2.45, 2.75) is 31.1 Å². The summed E-state index contributed by atoms with van der Waals surface area (Å²) in [6, 6.07) is 6.12. The van der Waals surface area contributed by atoms with Gasteiger partial charge in [-0.15, -0.1) is 0 Å². The number of carboxylic acids is 1. The highest BCUT2D eigenvalue weighted by molar-refractivity contribution is 7.90. The van der Waals surface area contributed by atoms with Crippen LogP contribution in [0.25, 0.3) is 0 Å². The molecule has 1 N–H and O–H groups in total. The largest absolute Gasteiger partial charge is 0.494 e. The quantitative estimate of drug-likeness (QED) is 0.732. The Labute approximate surface area is 147 Å². The molecule has 1 aromatic rings. The Bertz CT molecular complexity index is 743. The predicted molar refractivity (Wildman–Crippen MR) is 91.2 cm³/mol. The number of carbonyl (C=O) groups excluding carboxylic acids is 1. The van der Waals surface area contributed by atoms with E-state index in [1.807, 2.05) is 0 Å². The van der Waals surface area contributed by atoms with E-state index in [4.69, 9.17) is 4.74 Å². The number of likely N-dealkylation sites (tertiary alicyclic amines) is 1. The molecule has 0 aliphatic carbocycles. The van der Waals surface area contributed by atoms with E-state index in [2.05, 4.69) is 0 Å². The minimum Gasteiger partial charge on any atom is -0.494 e. The molecule has 0 saturated carbocycles. The maximum atomic E-state index is 12.1. The smallest absolute Gasteiger partial charge is 0.311 e. The lowest BCUT2D eigenvalue weighted by molar-refractivity contribution is -0.147. The molecule has 0 unspecified atom stereocenters. The second kappa shape index (κ2) is 7.43. The number of hydrogen-bond donors (Lipinski definition) is 1. The summed E-state index contributed by atoms with van der Waals surface area (Å²) in [5.41, 5.74) is -0.854. The summed E-state index contributed by atoms with van der Waals surface area (Å²) >= 11 is 0. The molecule has 2 rings (SSSR count). The average molecular weight is 369 g/mol. The van der Waals surface area contributed by atoms with Gasteiger partial charge in [-0.2, -0.15) is 0 Å². The minimum absolute atomic E-state index is 0.0685. The lowest BCUT2D eigenvalue weighted by Crippen LogP contribution is -2.34. The van der Waals surface area contributed by atoms with Gasteiger partial charge < -0.3 is 14.7 Å². The third-order valence-corrected chi connectivity index (χ3v) is 5.53. The second-order valence-electron chi connectivity index (χ2n) is 6.63. The van der Waals surface area contributed by atoms with Crippen LogP contribution in [0.3, 0.4) is 0 Å². The molecule has 0 spiro atoms. The van der Waals surface area contributed by atoms with Gasteiger partial charge >= 0.3 is 5.97 Å². The summed E-state index contributed by atoms with van der Waals surface area (Å²) < 4.78 is 28.3. The molecule has 1 aromatic carbocycles. The highest BCUT2D eigenvalue weighted by atomic mass is 32.2. The van der Waals surface area contributed by atoms with Crippen molar-refractivity contribution >= 4 is 21.7 Å². The van der Waals surface area contributed by atoms with E-state index >= 15 is 0 Å². The predicted octanol–water partition coefficient (Wildman–Crippen LogP) is 1.57. The zero-order chi connectivity index (χ0) is 18.7. The van der Waals surface area contributed by atoms with Crippen molar-refractivity contribution in [1.82, 2.24) is 4.90 Å². The average Bonchev–Trinajstić information content (AvgIpc) is 2.95. The topological polar surface area (TPSA) is 101 Å². The van der Waals surface area contributed by atoms with Crippen LogP contribution in [-0.2, 0) is 19.4 Å². The van der Waals surface area contributed by atoms with Crippen LogP contribution >= 0.6 is 0 Å². The molecule has 138 valence electrons. The molecule has 1 amide bonds. The van der Waals surface area contributed by atoms with Gasteiger partial charge in [0.25, 0.3) is 0 Å². The highest BCUT2D eigenvalue weighted by Crippen LogP contribution is 2.30. The second-order valence-corrected chi connectivity index (χ2v) is 8.64. The van der Waals surface area contributed by atoms with Gasteiger partial charge in [0.15, 0.2) is 9.84 Å². The molecule has 25 heavy (non-hydrogen) atoms. The van der Waals surface area contributed by atoms with Crippen molar-refractivity contribution in [3.05, 3.63) is 24.3 Å². The summed E-state index contributed by atoms with van der Waals surface area (Å²) in [5, 5.41) is 9.19. The van der Waals surface area contributed by atoms with Crippen molar-refractivity contribution in [2.24, 2.45) is 5.41 Å². The van der Waals surface area contributed by atoms with Gasteiger partial charge in [-0.25, -0.2) is 8.42 Å². The molecular weight excluding hydrogens is 346 g/mol. The maximum Gasteiger partial charge on any atom is 0.311 e. The lowest BCUT2D eigenvalue weighted by Gasteiger charge is -2.20. The first kappa shape index (κ1) is 19.2. The first-order valence-corrected chi connectivity index (χ1v) is 9.95. The zero-order valence-corrected chi connectivity index (χ0v) is 15.2. The summed E-state index contributed by atoms with van der Waals surface area (Å²) in [5.74, 6) is -0.399. The van der Waals surface area contributed by atoms with Crippen LogP contribution < -0.4 is 4.74 Å². The molecule has 0 bridgehead atoms. The Morgan fingerprint density at radius 1 is 1.28 bits per heavy atom. The van der Waals surface area contributed by atoms with Crippen molar-refractivity contribution in [1.29, 1.82) is 0 Å². The first-order chi connectivity index (χ1) is 11.6. The van der Waals surface area contributed by atoms with Crippen LogP contribution in [0, 0.1) is 5.41 Å². The number of rotatable bonds is 7. The van der Waals surface area contributed by atoms with E-state index < -0.39 is 21.2 Å². The number of carbonyl (C=O) groups is 2. The number of benzene rings is 1. The number of hydrogen-bond acceptors (Lipinski definition) is 5. The lowest BCUT2D eigenvalue weighted by atomic mass is 9.90. The number of carboxylic acid groups (broad SMARTS) is 1. The third kappa shape index (κ3) is 4.94. The number of nitrogens with zero attached hydrogens (tertiary/aromatic N) is 1. The van der Waals surface area contributed by atoms with Crippen LogP contribution in [-0.4, -0.2) is 56.3 Å². The molecule has 1 aliphatic heterocycles. The van der Waals surface area contributed by atoms with Gasteiger partial charge in [-0.3, -0.25) is 9.59 Å². The van der Waals surface area contributed by atoms with Crippen LogP contribution in [0.1, 0.15) is 26.2 Å². The number of amides is 1. The molecule has 0 radical (unpaired) electrons. The van der Waals surface area contributed by atoms with Gasteiger partial charge in [0.1, 0.15) is 5.75 Å². The monoisotopic (exact) mass is 369 g/mol. The third-order valence-electron chi connectivity index (χ3n) is 4.40. The highest BCUT2D eigenvalue weighted by Gasteiger charge is 2.41. The van der Waals surface area contributed by atoms with Gasteiger partial charge in [-0.05, 0) is 44.0 Å². The Hall–Kier alpha value is -2.09. The number of aliphatic carboxylic acids is 1. The van der Waals surface area contributed by atoms with Gasteiger partial charge in [0, 0.05) is 25.8 Å². The van der Waals surface area contributed by atoms with Crippen LogP contribution in [0.5, 0.6) is 5.75 Å². The molecular formula is C17H23NO6S. The van der Waals surface area contributed by atoms with Crippen LogP contribution in [0.15, 0.2) is 29.2 Å². The molecule has 1 atom stereocenters. The number of sulfone groups is 1. The van der Waals surface area contributed by atoms with Gasteiger partial charge in [0.05, 0.1) is 16.9 Å². The Morgan fingerprint density at radius 3 is 2.44 bits per heavy atom. The standard InChI is InChI=1S/C17H23NO6S/c1-17(16(20)21)9-10-18(12-17)15(19)4-3-11-24-13-5-7-14(8-6-13)25(2,22)23/h5-8H,3-4,9-12H2,1-2H3,(H,20,21)/t17-/m0/s1. The molecule has 1 fully saturated rings. The Morgan fingerprint density at radius 2 is 1.92 bits per heavy atom. The Balaban J connectivity index is 1.74. The maximum absolute atomic E-state index is 12.1. The summed E-state index contributed by atoms with van der Waals surface area (Å²) in [6.07, 6.45) is 2.41. The first-order valence-electron chi connectivity index (χ1n) is 8.06. The molecule has 8 heteroatoms. The van der Waals surface area contributed by atoms with E-state index in [-0.39, 0.29) is 23.8 Å². The van der Waals surface area contributed by atoms with E-state index in [0.717, 1.165) is 6.26 Å². The van der Waals surface area contributed by atoms with E-state index in [9.17, 15) is 23.1 Å². The van der Waals surface area contributed by atoms with E-state index in [1.54, 1.807) is 24.0 Å². The molecule has 1 saturated heterocycles. The fourth-order valence-corrected chi connectivity index (χ4v) is 3.33. The van der Waals surface area contributed by atoms with Gasteiger partial charge in [-0.1, -0.05) is 0 Å². The minimum atomic E-state index is -3.23. The van der Waals surface area contributed by atoms with E-state index in [1.165, 1.54) is 12.1 Å². The zero-order valence-electron chi connectivity index (χ0n) is 14.4. The fraction of sp³-hybridized carbons (Fsp3) is 0.529. The molecule has 7 nitrogen and oxygen atoms in total.